The summed E-state index contributed by atoms with van der Waals surface area (Å²) in [5, 5.41) is 14.7. The molecule has 0 bridgehead atoms. The topological polar surface area (TPSA) is 93.8 Å². The fourth-order valence-electron chi connectivity index (χ4n) is 2.25. The average molecular weight is 487 g/mol. The third-order valence-corrected chi connectivity index (χ3v) is 4.61. The maximum absolute atomic E-state index is 12.2. The van der Waals surface area contributed by atoms with Crippen molar-refractivity contribution in [1.82, 2.24) is 0 Å². The summed E-state index contributed by atoms with van der Waals surface area (Å²) in [4.78, 5) is 22.4. The fourth-order valence-corrected chi connectivity index (χ4v) is 2.86. The van der Waals surface area contributed by atoms with Gasteiger partial charge in [-0.2, -0.15) is 5.10 Å². The monoisotopic (exact) mass is 487 g/mol. The molecule has 0 aliphatic heterocycles. The molecule has 7 nitrogen and oxygen atoms in total. The maximum atomic E-state index is 12.2. The van der Waals surface area contributed by atoms with Gasteiger partial charge in [-0.15, -0.1) is 0 Å². The van der Waals surface area contributed by atoms with Crippen molar-refractivity contribution in [3.05, 3.63) is 97.6 Å². The predicted octanol–water partition coefficient (Wildman–Crippen LogP) is 4.86. The Kier molecular flexibility index (Phi) is 6.33. The summed E-state index contributed by atoms with van der Waals surface area (Å²) in [5.74, 6) is 0.0244. The smallest absolute Gasteiger partial charge is 0.344 e. The highest BCUT2D eigenvalue weighted by atomic mass is 127. The number of nitro benzene ring substituents is 1. The number of halogens is 1. The van der Waals surface area contributed by atoms with Crippen molar-refractivity contribution in [2.45, 2.75) is 0 Å². The van der Waals surface area contributed by atoms with Gasteiger partial charge in [-0.25, -0.2) is 4.79 Å². The van der Waals surface area contributed by atoms with Crippen molar-refractivity contribution in [3.8, 4) is 5.75 Å². The van der Waals surface area contributed by atoms with Crippen LogP contribution in [0, 0.1) is 13.7 Å². The molecular formula is C20H14IN3O4. The Balaban J connectivity index is 1.58. The average Bonchev–Trinajstić information content (AvgIpc) is 2.70. The van der Waals surface area contributed by atoms with Crippen molar-refractivity contribution >= 4 is 46.1 Å². The lowest BCUT2D eigenvalue weighted by molar-refractivity contribution is -0.384. The largest absolute Gasteiger partial charge is 0.423 e. The lowest BCUT2D eigenvalue weighted by atomic mass is 10.2. The van der Waals surface area contributed by atoms with Gasteiger partial charge in [0.15, 0.2) is 0 Å². The number of anilines is 1. The van der Waals surface area contributed by atoms with Crippen LogP contribution in [0.3, 0.4) is 0 Å². The molecule has 0 aromatic heterocycles. The molecule has 0 fully saturated rings. The molecule has 0 unspecified atom stereocenters. The van der Waals surface area contributed by atoms with E-state index in [-0.39, 0.29) is 5.69 Å². The zero-order valence-corrected chi connectivity index (χ0v) is 16.6. The first-order valence-electron chi connectivity index (χ1n) is 8.13. The van der Waals surface area contributed by atoms with E-state index in [1.54, 1.807) is 54.7 Å². The summed E-state index contributed by atoms with van der Waals surface area (Å²) in [6.45, 7) is 0. The van der Waals surface area contributed by atoms with Gasteiger partial charge < -0.3 is 4.74 Å². The number of rotatable bonds is 6. The molecule has 3 aromatic rings. The van der Waals surface area contributed by atoms with Gasteiger partial charge in [0.05, 0.1) is 22.4 Å². The SMILES string of the molecule is O=C(Oc1ccc(/C=N\Nc2ccc([N+](=O)[O-])cc2)cc1)c1ccccc1I. The summed E-state index contributed by atoms with van der Waals surface area (Å²) >= 11 is 2.09. The lowest BCUT2D eigenvalue weighted by Crippen LogP contribution is -2.10. The third-order valence-electron chi connectivity index (χ3n) is 3.67. The highest BCUT2D eigenvalue weighted by Crippen LogP contribution is 2.18. The van der Waals surface area contributed by atoms with Gasteiger partial charge in [-0.3, -0.25) is 15.5 Å². The number of esters is 1. The van der Waals surface area contributed by atoms with E-state index in [0.29, 0.717) is 17.0 Å². The van der Waals surface area contributed by atoms with Crippen molar-refractivity contribution in [1.29, 1.82) is 0 Å². The second-order valence-electron chi connectivity index (χ2n) is 5.61. The Hall–Kier alpha value is -3.27. The van der Waals surface area contributed by atoms with E-state index in [9.17, 15) is 14.9 Å². The molecule has 140 valence electrons. The second kappa shape index (κ2) is 9.09. The van der Waals surface area contributed by atoms with E-state index in [1.165, 1.54) is 12.1 Å². The van der Waals surface area contributed by atoms with Crippen LogP contribution in [-0.2, 0) is 0 Å². The van der Waals surface area contributed by atoms with E-state index in [0.717, 1.165) is 9.13 Å². The van der Waals surface area contributed by atoms with Gasteiger partial charge in [0.25, 0.3) is 5.69 Å². The van der Waals surface area contributed by atoms with E-state index in [4.69, 9.17) is 4.74 Å². The van der Waals surface area contributed by atoms with Gasteiger partial charge >= 0.3 is 5.97 Å². The number of nitrogens with one attached hydrogen (secondary N) is 1. The molecule has 0 aliphatic carbocycles. The summed E-state index contributed by atoms with van der Waals surface area (Å²) in [5.41, 5.74) is 4.75. The lowest BCUT2D eigenvalue weighted by Gasteiger charge is -2.06. The Morgan fingerprint density at radius 1 is 1.04 bits per heavy atom. The van der Waals surface area contributed by atoms with Gasteiger partial charge in [0, 0.05) is 15.7 Å². The van der Waals surface area contributed by atoms with Crippen LogP contribution in [0.5, 0.6) is 5.75 Å². The van der Waals surface area contributed by atoms with Gasteiger partial charge in [0.2, 0.25) is 0 Å². The number of nitro groups is 1. The molecule has 3 aromatic carbocycles. The highest BCUT2D eigenvalue weighted by molar-refractivity contribution is 14.1. The standard InChI is InChI=1S/C20H14IN3O4/c21-19-4-2-1-3-18(19)20(25)28-17-11-5-14(6-12-17)13-22-23-15-7-9-16(10-8-15)24(26)27/h1-13,23H/b22-13-. The number of ether oxygens (including phenoxy) is 1. The molecule has 8 heteroatoms. The van der Waals surface area contributed by atoms with Crippen molar-refractivity contribution < 1.29 is 14.5 Å². The first-order valence-corrected chi connectivity index (χ1v) is 9.21. The Labute approximate surface area is 174 Å². The molecule has 0 aliphatic rings. The van der Waals surface area contributed by atoms with Crippen LogP contribution >= 0.6 is 22.6 Å². The van der Waals surface area contributed by atoms with Crippen LogP contribution in [-0.4, -0.2) is 17.1 Å². The third kappa shape index (κ3) is 5.13. The summed E-state index contributed by atoms with van der Waals surface area (Å²) in [6.07, 6.45) is 1.59. The van der Waals surface area contributed by atoms with Crippen LogP contribution in [0.4, 0.5) is 11.4 Å². The summed E-state index contributed by atoms with van der Waals surface area (Å²) in [7, 11) is 0. The molecule has 1 N–H and O–H groups in total. The maximum Gasteiger partial charge on any atom is 0.344 e. The molecule has 0 saturated heterocycles. The van der Waals surface area contributed by atoms with Crippen molar-refractivity contribution in [2.24, 2.45) is 5.10 Å². The normalized spacial score (nSPS) is 10.6. The highest BCUT2D eigenvalue weighted by Gasteiger charge is 2.11. The number of non-ortho nitro benzene ring substituents is 1. The molecule has 0 radical (unpaired) electrons. The number of hydrazone groups is 1. The molecule has 0 heterocycles. The van der Waals surface area contributed by atoms with E-state index in [2.05, 4.69) is 33.1 Å². The summed E-state index contributed by atoms with van der Waals surface area (Å²) < 4.78 is 6.21. The molecule has 0 amide bonds. The van der Waals surface area contributed by atoms with E-state index in [1.807, 2.05) is 12.1 Å². The number of nitrogens with zero attached hydrogens (tertiary/aromatic N) is 2. The second-order valence-corrected chi connectivity index (χ2v) is 6.77. The molecule has 3 rings (SSSR count). The van der Waals surface area contributed by atoms with Gasteiger partial charge in [-0.05, 0) is 76.7 Å². The minimum absolute atomic E-state index is 0.0184. The molecule has 28 heavy (non-hydrogen) atoms. The van der Waals surface area contributed by atoms with Gasteiger partial charge in [-0.1, -0.05) is 12.1 Å². The van der Waals surface area contributed by atoms with Crippen LogP contribution in [0.25, 0.3) is 0 Å². The van der Waals surface area contributed by atoms with Crippen LogP contribution in [0.2, 0.25) is 0 Å². The Morgan fingerprint density at radius 3 is 2.36 bits per heavy atom. The molecule has 0 saturated carbocycles. The van der Waals surface area contributed by atoms with Crippen LogP contribution in [0.1, 0.15) is 15.9 Å². The Bertz CT molecular complexity index is 1020. The van der Waals surface area contributed by atoms with Gasteiger partial charge in [0.1, 0.15) is 5.75 Å². The van der Waals surface area contributed by atoms with Crippen molar-refractivity contribution in [2.75, 3.05) is 5.43 Å². The molecular weight excluding hydrogens is 473 g/mol. The van der Waals surface area contributed by atoms with Crippen LogP contribution in [0.15, 0.2) is 77.9 Å². The Morgan fingerprint density at radius 2 is 1.71 bits per heavy atom. The van der Waals surface area contributed by atoms with E-state index >= 15 is 0 Å². The number of hydrogen-bond acceptors (Lipinski definition) is 6. The minimum Gasteiger partial charge on any atom is -0.423 e. The number of carbonyl (C=O) groups is 1. The zero-order chi connectivity index (χ0) is 19.9. The molecule has 0 spiro atoms. The van der Waals surface area contributed by atoms with E-state index < -0.39 is 10.9 Å². The fraction of sp³-hybridized carbons (Fsp3) is 0. The first kappa shape index (κ1) is 19.5. The van der Waals surface area contributed by atoms with Crippen molar-refractivity contribution in [3.63, 3.8) is 0 Å². The minimum atomic E-state index is -0.458. The quantitative estimate of drug-likeness (QED) is 0.134. The number of benzene rings is 3. The number of carbonyl (C=O) groups excluding carboxylic acids is 1. The summed E-state index contributed by atoms with van der Waals surface area (Å²) in [6, 6.07) is 20.0. The predicted molar refractivity (Wildman–Crippen MR) is 115 cm³/mol. The van der Waals surface area contributed by atoms with Crippen LogP contribution < -0.4 is 10.2 Å². The number of hydrogen-bond donors (Lipinski definition) is 1. The zero-order valence-electron chi connectivity index (χ0n) is 14.4. The first-order chi connectivity index (χ1) is 13.5. The molecule has 0 atom stereocenters.